The first-order chi connectivity index (χ1) is 11.4. The van der Waals surface area contributed by atoms with E-state index in [0.29, 0.717) is 30.9 Å². The van der Waals surface area contributed by atoms with Gasteiger partial charge in [-0.05, 0) is 37.3 Å². The van der Waals surface area contributed by atoms with Crippen LogP contribution in [0.15, 0.2) is 23.8 Å². The number of likely N-dealkylation sites (N-methyl/N-ethyl adjacent to an activating group) is 1. The Morgan fingerprint density at radius 1 is 1.42 bits per heavy atom. The molecule has 2 aromatic heterocycles. The van der Waals surface area contributed by atoms with Gasteiger partial charge < -0.3 is 14.9 Å². The Labute approximate surface area is 145 Å². The van der Waals surface area contributed by atoms with Crippen molar-refractivity contribution in [1.82, 2.24) is 14.9 Å². The molecule has 0 unspecified atom stereocenters. The van der Waals surface area contributed by atoms with Crippen molar-refractivity contribution < 1.29 is 9.90 Å². The number of aliphatic hydroxyl groups is 1. The van der Waals surface area contributed by atoms with E-state index in [1.54, 1.807) is 11.9 Å². The Morgan fingerprint density at radius 3 is 2.88 bits per heavy atom. The van der Waals surface area contributed by atoms with Crippen molar-refractivity contribution in [1.29, 1.82) is 0 Å². The smallest absolute Gasteiger partial charge is 0.263 e. The van der Waals surface area contributed by atoms with E-state index in [1.165, 1.54) is 17.7 Å². The molecule has 1 aliphatic heterocycles. The molecule has 1 atom stereocenters. The van der Waals surface area contributed by atoms with Gasteiger partial charge in [0.1, 0.15) is 17.7 Å². The largest absolute Gasteiger partial charge is 0.386 e. The van der Waals surface area contributed by atoms with Crippen molar-refractivity contribution in [2.75, 3.05) is 31.6 Å². The highest BCUT2D eigenvalue weighted by molar-refractivity contribution is 7.12. The van der Waals surface area contributed by atoms with Gasteiger partial charge in [-0.3, -0.25) is 4.79 Å². The van der Waals surface area contributed by atoms with E-state index in [1.807, 2.05) is 36.3 Å². The highest BCUT2D eigenvalue weighted by atomic mass is 32.1. The maximum Gasteiger partial charge on any atom is 0.263 e. The number of carbonyl (C=O) groups excluding carboxylic acids is 1. The molecule has 128 valence electrons. The topological polar surface area (TPSA) is 69.6 Å². The second-order valence-corrected chi connectivity index (χ2v) is 7.47. The predicted octanol–water partition coefficient (Wildman–Crippen LogP) is 1.87. The van der Waals surface area contributed by atoms with Crippen LogP contribution in [-0.4, -0.2) is 58.2 Å². The third-order valence-electron chi connectivity index (χ3n) is 4.27. The number of hydrogen-bond acceptors (Lipinski definition) is 6. The van der Waals surface area contributed by atoms with Gasteiger partial charge in [-0.25, -0.2) is 9.97 Å². The third kappa shape index (κ3) is 3.57. The quantitative estimate of drug-likeness (QED) is 0.915. The van der Waals surface area contributed by atoms with Gasteiger partial charge in [0, 0.05) is 31.9 Å². The lowest BCUT2D eigenvalue weighted by Crippen LogP contribution is -2.45. The van der Waals surface area contributed by atoms with Gasteiger partial charge in [-0.15, -0.1) is 11.3 Å². The molecule has 1 saturated heterocycles. The number of rotatable bonds is 4. The number of nitrogens with zero attached hydrogens (tertiary/aromatic N) is 4. The molecule has 1 amide bonds. The second kappa shape index (κ2) is 6.49. The van der Waals surface area contributed by atoms with E-state index in [-0.39, 0.29) is 5.91 Å². The lowest BCUT2D eigenvalue weighted by atomic mass is 10.0. The van der Waals surface area contributed by atoms with Crippen molar-refractivity contribution in [3.05, 3.63) is 40.0 Å². The van der Waals surface area contributed by atoms with E-state index in [4.69, 9.17) is 0 Å². The summed E-state index contributed by atoms with van der Waals surface area (Å²) in [6.45, 7) is 5.38. The van der Waals surface area contributed by atoms with Gasteiger partial charge in [-0.1, -0.05) is 0 Å². The minimum absolute atomic E-state index is 0.0437. The fourth-order valence-corrected chi connectivity index (χ4v) is 3.93. The van der Waals surface area contributed by atoms with E-state index >= 15 is 0 Å². The molecule has 6 nitrogen and oxygen atoms in total. The van der Waals surface area contributed by atoms with Crippen molar-refractivity contribution in [3.63, 3.8) is 0 Å². The van der Waals surface area contributed by atoms with Gasteiger partial charge in [0.25, 0.3) is 5.91 Å². The van der Waals surface area contributed by atoms with Crippen LogP contribution in [-0.2, 0) is 0 Å². The van der Waals surface area contributed by atoms with Crippen LogP contribution in [0, 0.1) is 13.8 Å². The molecule has 0 bridgehead atoms. The number of β-amino-alcohol motifs (C(OH)–C–C–N with tert-alkyl or cyclic N) is 1. The zero-order valence-electron chi connectivity index (χ0n) is 14.2. The molecular formula is C17H22N4O2S. The van der Waals surface area contributed by atoms with E-state index in [0.717, 1.165) is 17.1 Å². The summed E-state index contributed by atoms with van der Waals surface area (Å²) in [6.07, 6.45) is 2.15. The van der Waals surface area contributed by atoms with Crippen molar-refractivity contribution >= 4 is 23.1 Å². The predicted molar refractivity (Wildman–Crippen MR) is 94.6 cm³/mol. The standard InChI is InChI=1S/C17H22N4O2S/c1-12-6-14(24-8-12)16(22)20(3)9-17(23)4-5-21(10-17)15-7-13(2)18-11-19-15/h6-8,11,23H,4-5,9-10H2,1-3H3/t17-/m1/s1. The lowest BCUT2D eigenvalue weighted by molar-refractivity contribution is 0.0266. The number of aryl methyl sites for hydroxylation is 2. The van der Waals surface area contributed by atoms with Crippen molar-refractivity contribution in [2.24, 2.45) is 0 Å². The minimum Gasteiger partial charge on any atom is -0.386 e. The molecule has 7 heteroatoms. The summed E-state index contributed by atoms with van der Waals surface area (Å²) >= 11 is 1.44. The SMILES string of the molecule is Cc1csc(C(=O)N(C)C[C@]2(O)CCN(c3cc(C)ncn3)C2)c1. The Morgan fingerprint density at radius 2 is 2.21 bits per heavy atom. The van der Waals surface area contributed by atoms with Crippen LogP contribution >= 0.6 is 11.3 Å². The Balaban J connectivity index is 1.65. The first-order valence-corrected chi connectivity index (χ1v) is 8.81. The van der Waals surface area contributed by atoms with Crippen molar-refractivity contribution in [3.8, 4) is 0 Å². The van der Waals surface area contributed by atoms with Crippen LogP contribution in [0.2, 0.25) is 0 Å². The number of amides is 1. The number of aromatic nitrogens is 2. The zero-order chi connectivity index (χ0) is 17.3. The van der Waals surface area contributed by atoms with Crippen LogP contribution in [0.4, 0.5) is 5.82 Å². The lowest BCUT2D eigenvalue weighted by Gasteiger charge is -2.29. The molecule has 3 rings (SSSR count). The van der Waals surface area contributed by atoms with Crippen molar-refractivity contribution in [2.45, 2.75) is 25.9 Å². The first kappa shape index (κ1) is 16.9. The summed E-state index contributed by atoms with van der Waals surface area (Å²) in [4.78, 5) is 25.2. The molecule has 0 radical (unpaired) electrons. The summed E-state index contributed by atoms with van der Waals surface area (Å²) < 4.78 is 0. The molecular weight excluding hydrogens is 324 g/mol. The fraction of sp³-hybridized carbons (Fsp3) is 0.471. The number of carbonyl (C=O) groups is 1. The highest BCUT2D eigenvalue weighted by Gasteiger charge is 2.38. The third-order valence-corrected chi connectivity index (χ3v) is 5.30. The Kier molecular flexibility index (Phi) is 4.56. The normalized spacial score (nSPS) is 20.4. The number of anilines is 1. The monoisotopic (exact) mass is 346 g/mol. The molecule has 0 spiro atoms. The van der Waals surface area contributed by atoms with Crippen LogP contribution < -0.4 is 4.90 Å². The first-order valence-electron chi connectivity index (χ1n) is 7.93. The summed E-state index contributed by atoms with van der Waals surface area (Å²) in [5.74, 6) is 0.777. The maximum absolute atomic E-state index is 12.5. The summed E-state index contributed by atoms with van der Waals surface area (Å²) in [6, 6.07) is 3.80. The zero-order valence-corrected chi connectivity index (χ0v) is 15.0. The van der Waals surface area contributed by atoms with Gasteiger partial charge in [0.2, 0.25) is 0 Å². The fourth-order valence-electron chi connectivity index (χ4n) is 3.04. The minimum atomic E-state index is -0.921. The van der Waals surface area contributed by atoms with Crippen LogP contribution in [0.5, 0.6) is 0 Å². The highest BCUT2D eigenvalue weighted by Crippen LogP contribution is 2.27. The number of thiophene rings is 1. The Hall–Kier alpha value is -1.99. The van der Waals surface area contributed by atoms with Gasteiger partial charge in [0.05, 0.1) is 11.4 Å². The van der Waals surface area contributed by atoms with Gasteiger partial charge >= 0.3 is 0 Å². The van der Waals surface area contributed by atoms with Gasteiger partial charge in [-0.2, -0.15) is 0 Å². The van der Waals surface area contributed by atoms with E-state index in [9.17, 15) is 9.90 Å². The molecule has 3 heterocycles. The molecule has 0 aromatic carbocycles. The molecule has 0 aliphatic carbocycles. The van der Waals surface area contributed by atoms with Gasteiger partial charge in [0.15, 0.2) is 0 Å². The van der Waals surface area contributed by atoms with E-state index < -0.39 is 5.60 Å². The van der Waals surface area contributed by atoms with Crippen LogP contribution in [0.3, 0.4) is 0 Å². The summed E-state index contributed by atoms with van der Waals surface area (Å²) in [7, 11) is 1.74. The maximum atomic E-state index is 12.5. The molecule has 2 aromatic rings. The van der Waals surface area contributed by atoms with E-state index in [2.05, 4.69) is 9.97 Å². The molecule has 1 aliphatic rings. The second-order valence-electron chi connectivity index (χ2n) is 6.56. The Bertz CT molecular complexity index is 748. The number of hydrogen-bond donors (Lipinski definition) is 1. The summed E-state index contributed by atoms with van der Waals surface area (Å²) in [5, 5.41) is 12.9. The molecule has 1 N–H and O–H groups in total. The molecule has 24 heavy (non-hydrogen) atoms. The molecule has 1 fully saturated rings. The average molecular weight is 346 g/mol. The summed E-state index contributed by atoms with van der Waals surface area (Å²) in [5.41, 5.74) is 1.06. The van der Waals surface area contributed by atoms with Crippen LogP contribution in [0.1, 0.15) is 27.3 Å². The molecule has 0 saturated carbocycles. The van der Waals surface area contributed by atoms with Crippen LogP contribution in [0.25, 0.3) is 0 Å². The average Bonchev–Trinajstić information content (AvgIpc) is 3.13.